The number of hydrogen-bond acceptors (Lipinski definition) is 4. The minimum atomic E-state index is 0.491. The van der Waals surface area contributed by atoms with Crippen molar-refractivity contribution in [1.29, 1.82) is 0 Å². The summed E-state index contributed by atoms with van der Waals surface area (Å²) in [4.78, 5) is 12.5. The number of hydrogen-bond donors (Lipinski definition) is 1. The summed E-state index contributed by atoms with van der Waals surface area (Å²) in [6.45, 7) is 3.80. The lowest BCUT2D eigenvalue weighted by atomic mass is 10.2. The molecule has 0 aliphatic rings. The molecule has 2 rings (SSSR count). The number of anilines is 1. The van der Waals surface area contributed by atoms with Gasteiger partial charge in [0.1, 0.15) is 11.6 Å². The van der Waals surface area contributed by atoms with E-state index in [1.165, 1.54) is 0 Å². The van der Waals surface area contributed by atoms with E-state index in [1.807, 2.05) is 13.8 Å². The second kappa shape index (κ2) is 2.65. The van der Waals surface area contributed by atoms with Crippen LogP contribution in [0.1, 0.15) is 11.5 Å². The Bertz CT molecular complexity index is 459. The summed E-state index contributed by atoms with van der Waals surface area (Å²) >= 11 is 0. The van der Waals surface area contributed by atoms with E-state index >= 15 is 0 Å². The monoisotopic (exact) mass is 174 g/mol. The number of rotatable bonds is 0. The van der Waals surface area contributed by atoms with Gasteiger partial charge in [-0.2, -0.15) is 0 Å². The lowest BCUT2D eigenvalue weighted by Crippen LogP contribution is -1.96. The van der Waals surface area contributed by atoms with Crippen molar-refractivity contribution in [2.24, 2.45) is 0 Å². The Morgan fingerprint density at radius 2 is 2.00 bits per heavy atom. The van der Waals surface area contributed by atoms with Crippen LogP contribution in [0.25, 0.3) is 10.9 Å². The van der Waals surface area contributed by atoms with E-state index in [0.29, 0.717) is 5.82 Å². The zero-order valence-electron chi connectivity index (χ0n) is 7.57. The van der Waals surface area contributed by atoms with Gasteiger partial charge in [0.2, 0.25) is 0 Å². The van der Waals surface area contributed by atoms with Crippen LogP contribution >= 0.6 is 0 Å². The van der Waals surface area contributed by atoms with Gasteiger partial charge in [0.25, 0.3) is 0 Å². The van der Waals surface area contributed by atoms with Gasteiger partial charge in [-0.25, -0.2) is 15.0 Å². The van der Waals surface area contributed by atoms with E-state index in [9.17, 15) is 0 Å². The third kappa shape index (κ3) is 1.30. The van der Waals surface area contributed by atoms with Gasteiger partial charge in [-0.1, -0.05) is 0 Å². The van der Waals surface area contributed by atoms with Crippen molar-refractivity contribution < 1.29 is 0 Å². The van der Waals surface area contributed by atoms with Gasteiger partial charge in [-0.15, -0.1) is 0 Å². The van der Waals surface area contributed by atoms with Gasteiger partial charge in [-0.3, -0.25) is 0 Å². The molecule has 0 atom stereocenters. The predicted molar refractivity (Wildman–Crippen MR) is 51.2 cm³/mol. The quantitative estimate of drug-likeness (QED) is 0.652. The van der Waals surface area contributed by atoms with Gasteiger partial charge in [0.15, 0.2) is 0 Å². The summed E-state index contributed by atoms with van der Waals surface area (Å²) < 4.78 is 0. The van der Waals surface area contributed by atoms with Crippen LogP contribution in [0.4, 0.5) is 5.82 Å². The van der Waals surface area contributed by atoms with E-state index in [0.717, 1.165) is 22.4 Å². The molecule has 2 heterocycles. The van der Waals surface area contributed by atoms with E-state index in [1.54, 1.807) is 12.3 Å². The third-order valence-corrected chi connectivity index (χ3v) is 1.90. The molecule has 0 amide bonds. The van der Waals surface area contributed by atoms with Crippen LogP contribution in [0.15, 0.2) is 12.3 Å². The molecule has 66 valence electrons. The Balaban J connectivity index is 2.86. The smallest absolute Gasteiger partial charge is 0.126 e. The normalized spacial score (nSPS) is 10.6. The highest BCUT2D eigenvalue weighted by molar-refractivity contribution is 5.81. The average Bonchev–Trinajstić information content (AvgIpc) is 2.02. The van der Waals surface area contributed by atoms with Gasteiger partial charge >= 0.3 is 0 Å². The average molecular weight is 174 g/mol. The lowest BCUT2D eigenvalue weighted by molar-refractivity contribution is 1.05. The van der Waals surface area contributed by atoms with Crippen LogP contribution < -0.4 is 5.73 Å². The molecule has 0 aliphatic carbocycles. The van der Waals surface area contributed by atoms with E-state index in [4.69, 9.17) is 5.73 Å². The first kappa shape index (κ1) is 7.91. The number of nitrogens with two attached hydrogens (primary N) is 1. The molecule has 0 bridgehead atoms. The van der Waals surface area contributed by atoms with Gasteiger partial charge in [0, 0.05) is 17.6 Å². The van der Waals surface area contributed by atoms with E-state index < -0.39 is 0 Å². The van der Waals surface area contributed by atoms with E-state index in [2.05, 4.69) is 15.0 Å². The molecule has 0 saturated heterocycles. The van der Waals surface area contributed by atoms with Crippen molar-refractivity contribution in [3.8, 4) is 0 Å². The van der Waals surface area contributed by atoms with Gasteiger partial charge in [-0.05, 0) is 13.8 Å². The number of pyridine rings is 1. The Hall–Kier alpha value is -1.71. The van der Waals surface area contributed by atoms with Crippen LogP contribution in [-0.2, 0) is 0 Å². The first-order valence-corrected chi connectivity index (χ1v) is 4.03. The van der Waals surface area contributed by atoms with Crippen LogP contribution in [0.3, 0.4) is 0 Å². The summed E-state index contributed by atoms with van der Waals surface area (Å²) in [7, 11) is 0. The van der Waals surface area contributed by atoms with Crippen molar-refractivity contribution in [3.63, 3.8) is 0 Å². The van der Waals surface area contributed by atoms with Crippen molar-refractivity contribution in [2.45, 2.75) is 13.8 Å². The van der Waals surface area contributed by atoms with Crippen molar-refractivity contribution >= 4 is 16.7 Å². The van der Waals surface area contributed by atoms with Crippen LogP contribution in [0.2, 0.25) is 0 Å². The summed E-state index contributed by atoms with van der Waals surface area (Å²) in [5.74, 6) is 1.25. The second-order valence-electron chi connectivity index (χ2n) is 2.98. The maximum absolute atomic E-state index is 5.55. The molecule has 4 nitrogen and oxygen atoms in total. The highest BCUT2D eigenvalue weighted by Crippen LogP contribution is 2.15. The maximum Gasteiger partial charge on any atom is 0.126 e. The zero-order valence-corrected chi connectivity index (χ0v) is 7.57. The Morgan fingerprint density at radius 3 is 2.77 bits per heavy atom. The molecule has 0 fully saturated rings. The van der Waals surface area contributed by atoms with Gasteiger partial charge < -0.3 is 5.73 Å². The van der Waals surface area contributed by atoms with Crippen LogP contribution in [0.5, 0.6) is 0 Å². The summed E-state index contributed by atoms with van der Waals surface area (Å²) in [6, 6.07) is 1.76. The Morgan fingerprint density at radius 1 is 1.23 bits per heavy atom. The summed E-state index contributed by atoms with van der Waals surface area (Å²) in [5.41, 5.74) is 7.35. The highest BCUT2D eigenvalue weighted by Gasteiger charge is 2.01. The Kier molecular flexibility index (Phi) is 1.62. The molecule has 0 aromatic carbocycles. The number of aromatic nitrogens is 3. The number of aryl methyl sites for hydroxylation is 2. The molecule has 2 aromatic heterocycles. The molecule has 0 saturated carbocycles. The second-order valence-corrected chi connectivity index (χ2v) is 2.98. The maximum atomic E-state index is 5.55. The number of nitrogen functional groups attached to an aromatic ring is 1. The molecular weight excluding hydrogens is 164 g/mol. The molecule has 4 heteroatoms. The summed E-state index contributed by atoms with van der Waals surface area (Å²) in [6.07, 6.45) is 1.71. The first-order chi connectivity index (χ1) is 6.16. The zero-order chi connectivity index (χ0) is 9.42. The topological polar surface area (TPSA) is 64.7 Å². The molecular formula is C9H10N4. The molecule has 0 aliphatic heterocycles. The van der Waals surface area contributed by atoms with Crippen LogP contribution in [0, 0.1) is 13.8 Å². The number of nitrogens with zero attached hydrogens (tertiary/aromatic N) is 3. The largest absolute Gasteiger partial charge is 0.384 e. The fraction of sp³-hybridized carbons (Fsp3) is 0.222. The standard InChI is InChI=1S/C9H10N4/c1-5-7-4-11-9(10)3-8(7)13-6(2)12-5/h3-4H,1-2H3,(H2,10,11). The minimum Gasteiger partial charge on any atom is -0.384 e. The molecule has 0 radical (unpaired) electrons. The lowest BCUT2D eigenvalue weighted by Gasteiger charge is -2.02. The fourth-order valence-electron chi connectivity index (χ4n) is 1.33. The summed E-state index contributed by atoms with van der Waals surface area (Å²) in [5, 5.41) is 0.958. The van der Waals surface area contributed by atoms with Crippen LogP contribution in [-0.4, -0.2) is 15.0 Å². The Labute approximate surface area is 75.8 Å². The molecule has 13 heavy (non-hydrogen) atoms. The fourth-order valence-corrected chi connectivity index (χ4v) is 1.33. The van der Waals surface area contributed by atoms with Crippen molar-refractivity contribution in [2.75, 3.05) is 5.73 Å². The molecule has 0 spiro atoms. The number of fused-ring (bicyclic) bond motifs is 1. The molecule has 2 aromatic rings. The van der Waals surface area contributed by atoms with Crippen molar-refractivity contribution in [3.05, 3.63) is 23.8 Å². The minimum absolute atomic E-state index is 0.491. The van der Waals surface area contributed by atoms with Crippen molar-refractivity contribution in [1.82, 2.24) is 15.0 Å². The predicted octanol–water partition coefficient (Wildman–Crippen LogP) is 1.22. The first-order valence-electron chi connectivity index (χ1n) is 4.03. The molecule has 0 unspecified atom stereocenters. The molecule has 2 N–H and O–H groups in total. The third-order valence-electron chi connectivity index (χ3n) is 1.90. The van der Waals surface area contributed by atoms with Gasteiger partial charge in [0.05, 0.1) is 11.2 Å². The highest BCUT2D eigenvalue weighted by atomic mass is 14.9. The van der Waals surface area contributed by atoms with E-state index in [-0.39, 0.29) is 0 Å². The SMILES string of the molecule is Cc1nc(C)c2cnc(N)cc2n1.